The third-order valence-corrected chi connectivity index (χ3v) is 5.57. The fourth-order valence-electron chi connectivity index (χ4n) is 1.84. The zero-order valence-corrected chi connectivity index (χ0v) is 14.0. The van der Waals surface area contributed by atoms with Crippen molar-refractivity contribution >= 4 is 31.9 Å². The summed E-state index contributed by atoms with van der Waals surface area (Å²) in [6, 6.07) is 4.72. The van der Waals surface area contributed by atoms with Crippen molar-refractivity contribution in [3.8, 4) is 0 Å². The predicted octanol–water partition coefficient (Wildman–Crippen LogP) is 2.63. The number of rotatable bonds is 6. The molecule has 0 radical (unpaired) electrons. The van der Waals surface area contributed by atoms with Crippen LogP contribution in [0.2, 0.25) is 0 Å². The van der Waals surface area contributed by atoms with Crippen molar-refractivity contribution in [1.29, 1.82) is 0 Å². The van der Waals surface area contributed by atoms with Crippen molar-refractivity contribution in [2.45, 2.75) is 38.1 Å². The zero-order valence-electron chi connectivity index (χ0n) is 11.6. The average Bonchev–Trinajstić information content (AvgIpc) is 2.31. The van der Waals surface area contributed by atoms with Gasteiger partial charge < -0.3 is 5.11 Å². The summed E-state index contributed by atoms with van der Waals surface area (Å²) in [6.07, 6.45) is -0.218. The summed E-state index contributed by atoms with van der Waals surface area (Å²) in [4.78, 5) is 10.9. The van der Waals surface area contributed by atoms with Crippen LogP contribution < -0.4 is 0 Å². The Balaban J connectivity index is 3.22. The van der Waals surface area contributed by atoms with E-state index in [0.717, 1.165) is 0 Å². The molecule has 0 spiro atoms. The van der Waals surface area contributed by atoms with Gasteiger partial charge in [-0.2, -0.15) is 4.31 Å². The molecular formula is C13H18BrNO4S. The van der Waals surface area contributed by atoms with Crippen molar-refractivity contribution in [3.05, 3.63) is 28.2 Å². The number of hydrogen-bond donors (Lipinski definition) is 1. The van der Waals surface area contributed by atoms with Gasteiger partial charge in [-0.15, -0.1) is 0 Å². The van der Waals surface area contributed by atoms with Crippen LogP contribution in [0.1, 0.15) is 25.8 Å². The smallest absolute Gasteiger partial charge is 0.304 e. The van der Waals surface area contributed by atoms with Crippen LogP contribution in [0.25, 0.3) is 0 Å². The number of carboxylic acid groups (broad SMARTS) is 1. The Kier molecular flexibility index (Phi) is 5.73. The van der Waals surface area contributed by atoms with Gasteiger partial charge in [0.15, 0.2) is 0 Å². The van der Waals surface area contributed by atoms with Crippen LogP contribution in [0.3, 0.4) is 0 Å². The molecule has 1 aromatic carbocycles. The molecule has 0 unspecified atom stereocenters. The van der Waals surface area contributed by atoms with E-state index in [0.29, 0.717) is 10.0 Å². The summed E-state index contributed by atoms with van der Waals surface area (Å²) < 4.78 is 27.2. The lowest BCUT2D eigenvalue weighted by atomic mass is 10.2. The number of aryl methyl sites for hydroxylation is 1. The molecule has 0 aliphatic rings. The first-order valence-corrected chi connectivity index (χ1v) is 8.39. The Bertz CT molecular complexity index is 598. The van der Waals surface area contributed by atoms with E-state index in [2.05, 4.69) is 15.9 Å². The number of carboxylic acids is 1. The molecule has 0 saturated heterocycles. The van der Waals surface area contributed by atoms with E-state index in [4.69, 9.17) is 5.11 Å². The van der Waals surface area contributed by atoms with Gasteiger partial charge in [0.2, 0.25) is 10.0 Å². The standard InChI is InChI=1S/C13H18BrNO4S/c1-9(2)15(7-6-13(16)17)20(18,19)12-8-11(14)5-4-10(12)3/h4-5,8-9H,6-7H2,1-3H3,(H,16,17). The largest absolute Gasteiger partial charge is 0.481 e. The quantitative estimate of drug-likeness (QED) is 0.842. The monoisotopic (exact) mass is 363 g/mol. The first kappa shape index (κ1) is 17.1. The number of benzene rings is 1. The number of nitrogens with zero attached hydrogens (tertiary/aromatic N) is 1. The van der Waals surface area contributed by atoms with Gasteiger partial charge in [-0.1, -0.05) is 22.0 Å². The number of halogens is 1. The van der Waals surface area contributed by atoms with Crippen LogP contribution in [0.5, 0.6) is 0 Å². The van der Waals surface area contributed by atoms with Gasteiger partial charge in [0.25, 0.3) is 0 Å². The Morgan fingerprint density at radius 2 is 2.00 bits per heavy atom. The SMILES string of the molecule is Cc1ccc(Br)cc1S(=O)(=O)N(CCC(=O)O)C(C)C. The molecule has 0 aliphatic heterocycles. The zero-order chi connectivity index (χ0) is 15.5. The number of carbonyl (C=O) groups is 1. The van der Waals surface area contributed by atoms with Gasteiger partial charge in [0.1, 0.15) is 0 Å². The van der Waals surface area contributed by atoms with Gasteiger partial charge >= 0.3 is 5.97 Å². The summed E-state index contributed by atoms with van der Waals surface area (Å²) in [6.45, 7) is 5.13. The summed E-state index contributed by atoms with van der Waals surface area (Å²) in [7, 11) is -3.71. The van der Waals surface area contributed by atoms with Crippen molar-refractivity contribution in [2.24, 2.45) is 0 Å². The molecule has 112 valence electrons. The third kappa shape index (κ3) is 4.04. The Morgan fingerprint density at radius 1 is 1.40 bits per heavy atom. The van der Waals surface area contributed by atoms with Crippen LogP contribution in [-0.4, -0.2) is 36.4 Å². The molecule has 0 amide bonds. The Morgan fingerprint density at radius 3 is 2.50 bits per heavy atom. The maximum absolute atomic E-state index is 12.7. The van der Waals surface area contributed by atoms with E-state index in [1.165, 1.54) is 4.31 Å². The molecule has 0 fully saturated rings. The minimum Gasteiger partial charge on any atom is -0.481 e. The van der Waals surface area contributed by atoms with E-state index in [1.54, 1.807) is 39.0 Å². The van der Waals surface area contributed by atoms with Gasteiger partial charge in [-0.05, 0) is 38.5 Å². The maximum Gasteiger partial charge on any atom is 0.304 e. The van der Waals surface area contributed by atoms with E-state index in [-0.39, 0.29) is 23.9 Å². The number of aliphatic carboxylic acids is 1. The molecule has 1 rings (SSSR count). The van der Waals surface area contributed by atoms with Gasteiger partial charge in [-0.25, -0.2) is 8.42 Å². The summed E-state index contributed by atoms with van der Waals surface area (Å²) >= 11 is 3.26. The van der Waals surface area contributed by atoms with E-state index in [9.17, 15) is 13.2 Å². The van der Waals surface area contributed by atoms with Gasteiger partial charge in [-0.3, -0.25) is 4.79 Å². The molecule has 0 atom stereocenters. The van der Waals surface area contributed by atoms with E-state index in [1.807, 2.05) is 0 Å². The van der Waals surface area contributed by atoms with Crippen molar-refractivity contribution < 1.29 is 18.3 Å². The van der Waals surface area contributed by atoms with Gasteiger partial charge in [0.05, 0.1) is 11.3 Å². The highest BCUT2D eigenvalue weighted by molar-refractivity contribution is 9.10. The predicted molar refractivity (Wildman–Crippen MR) is 80.2 cm³/mol. The van der Waals surface area contributed by atoms with Crippen molar-refractivity contribution in [3.63, 3.8) is 0 Å². The molecule has 20 heavy (non-hydrogen) atoms. The first-order chi connectivity index (χ1) is 9.16. The number of sulfonamides is 1. The summed E-state index contributed by atoms with van der Waals surface area (Å²) in [5.41, 5.74) is 0.633. The average molecular weight is 364 g/mol. The van der Waals surface area contributed by atoms with Crippen LogP contribution in [0, 0.1) is 6.92 Å². The molecule has 1 N–H and O–H groups in total. The number of hydrogen-bond acceptors (Lipinski definition) is 3. The second-order valence-electron chi connectivity index (χ2n) is 4.76. The van der Waals surface area contributed by atoms with E-state index >= 15 is 0 Å². The molecule has 7 heteroatoms. The highest BCUT2D eigenvalue weighted by Gasteiger charge is 2.28. The molecule has 0 bridgehead atoms. The lowest BCUT2D eigenvalue weighted by molar-refractivity contribution is -0.137. The maximum atomic E-state index is 12.7. The van der Waals surface area contributed by atoms with Crippen LogP contribution in [0.4, 0.5) is 0 Å². The van der Waals surface area contributed by atoms with Crippen LogP contribution in [0.15, 0.2) is 27.6 Å². The second-order valence-corrected chi connectivity index (χ2v) is 7.54. The lowest BCUT2D eigenvalue weighted by Gasteiger charge is -2.26. The lowest BCUT2D eigenvalue weighted by Crippen LogP contribution is -2.38. The molecule has 1 aromatic rings. The van der Waals surface area contributed by atoms with Crippen LogP contribution in [-0.2, 0) is 14.8 Å². The summed E-state index contributed by atoms with van der Waals surface area (Å²) in [5, 5.41) is 8.75. The molecule has 5 nitrogen and oxygen atoms in total. The molecular weight excluding hydrogens is 346 g/mol. The molecule has 0 heterocycles. The molecule has 0 aromatic heterocycles. The van der Waals surface area contributed by atoms with Crippen molar-refractivity contribution in [1.82, 2.24) is 4.31 Å². The summed E-state index contributed by atoms with van der Waals surface area (Å²) in [5.74, 6) is -1.02. The fourth-order valence-corrected chi connectivity index (χ4v) is 4.24. The second kappa shape index (κ2) is 6.69. The van der Waals surface area contributed by atoms with Crippen molar-refractivity contribution in [2.75, 3.05) is 6.54 Å². The molecule has 0 saturated carbocycles. The van der Waals surface area contributed by atoms with Crippen LogP contribution >= 0.6 is 15.9 Å². The Hall–Kier alpha value is -0.920. The highest BCUT2D eigenvalue weighted by Crippen LogP contribution is 2.25. The molecule has 0 aliphatic carbocycles. The van der Waals surface area contributed by atoms with E-state index < -0.39 is 16.0 Å². The normalized spacial score (nSPS) is 12.1. The fraction of sp³-hybridized carbons (Fsp3) is 0.462. The third-order valence-electron chi connectivity index (χ3n) is 2.86. The highest BCUT2D eigenvalue weighted by atomic mass is 79.9. The minimum atomic E-state index is -3.71. The topological polar surface area (TPSA) is 74.7 Å². The van der Waals surface area contributed by atoms with Gasteiger partial charge in [0, 0.05) is 17.1 Å². The Labute approximate surface area is 127 Å². The minimum absolute atomic E-state index is 0.0404. The first-order valence-electron chi connectivity index (χ1n) is 6.16.